The summed E-state index contributed by atoms with van der Waals surface area (Å²) in [5.74, 6) is -0.224. The summed E-state index contributed by atoms with van der Waals surface area (Å²) in [4.78, 5) is 3.05. The molecule has 13 heavy (non-hydrogen) atoms. The van der Waals surface area contributed by atoms with Crippen LogP contribution in [0.2, 0.25) is 0 Å². The van der Waals surface area contributed by atoms with E-state index in [1.807, 2.05) is 6.20 Å². The highest BCUT2D eigenvalue weighted by Gasteiger charge is 2.03. The molecular formula is C10H10FN2. The smallest absolute Gasteiger partial charge is 0.123 e. The van der Waals surface area contributed by atoms with E-state index >= 15 is 0 Å². The third-order valence-electron chi connectivity index (χ3n) is 2.12. The number of rotatable bonds is 2. The Bertz CT molecular complexity index is 420. The topological polar surface area (TPSA) is 39.6 Å². The third kappa shape index (κ3) is 1.42. The van der Waals surface area contributed by atoms with Gasteiger partial charge in [-0.15, -0.1) is 0 Å². The van der Waals surface area contributed by atoms with Gasteiger partial charge in [0.1, 0.15) is 5.82 Å². The molecule has 0 bridgehead atoms. The van der Waals surface area contributed by atoms with Gasteiger partial charge in [-0.2, -0.15) is 0 Å². The number of fused-ring (bicyclic) bond motifs is 1. The normalized spacial score (nSPS) is 10.9. The fourth-order valence-corrected chi connectivity index (χ4v) is 1.49. The highest BCUT2D eigenvalue weighted by atomic mass is 19.1. The Hall–Kier alpha value is -1.35. The van der Waals surface area contributed by atoms with E-state index in [4.69, 9.17) is 5.73 Å². The molecule has 0 aliphatic rings. The summed E-state index contributed by atoms with van der Waals surface area (Å²) in [6, 6.07) is 4.66. The maximum atomic E-state index is 12.9. The van der Waals surface area contributed by atoms with Crippen LogP contribution in [0.1, 0.15) is 5.56 Å². The van der Waals surface area contributed by atoms with E-state index in [0.29, 0.717) is 13.0 Å². The van der Waals surface area contributed by atoms with Crippen LogP contribution >= 0.6 is 0 Å². The first-order valence-corrected chi connectivity index (χ1v) is 4.21. The van der Waals surface area contributed by atoms with Crippen molar-refractivity contribution in [2.24, 2.45) is 0 Å². The molecule has 2 nitrogen and oxygen atoms in total. The van der Waals surface area contributed by atoms with Crippen LogP contribution in [0.4, 0.5) is 4.39 Å². The zero-order valence-electron chi connectivity index (χ0n) is 7.10. The Morgan fingerprint density at radius 1 is 1.38 bits per heavy atom. The van der Waals surface area contributed by atoms with Crippen molar-refractivity contribution in [3.8, 4) is 0 Å². The largest absolute Gasteiger partial charge is 0.361 e. The second-order valence-corrected chi connectivity index (χ2v) is 3.00. The summed E-state index contributed by atoms with van der Waals surface area (Å²) in [6.45, 7) is 0.337. The molecular weight excluding hydrogens is 167 g/mol. The van der Waals surface area contributed by atoms with Gasteiger partial charge in [-0.1, -0.05) is 0 Å². The molecule has 1 heterocycles. The van der Waals surface area contributed by atoms with Crippen LogP contribution in [-0.4, -0.2) is 11.5 Å². The number of nitrogens with one attached hydrogen (secondary N) is 2. The first-order chi connectivity index (χ1) is 6.31. The number of hydrogen-bond donors (Lipinski definition) is 1. The molecule has 0 amide bonds. The maximum Gasteiger partial charge on any atom is 0.123 e. The first kappa shape index (κ1) is 8.26. The Balaban J connectivity index is 2.58. The zero-order valence-corrected chi connectivity index (χ0v) is 7.10. The van der Waals surface area contributed by atoms with E-state index in [1.165, 1.54) is 12.1 Å². The average Bonchev–Trinajstić information content (AvgIpc) is 2.49. The zero-order chi connectivity index (χ0) is 9.26. The molecule has 0 saturated carbocycles. The molecule has 2 N–H and O–H groups in total. The van der Waals surface area contributed by atoms with Crippen molar-refractivity contribution in [1.82, 2.24) is 10.7 Å². The van der Waals surface area contributed by atoms with Crippen molar-refractivity contribution in [1.29, 1.82) is 0 Å². The Morgan fingerprint density at radius 2 is 2.23 bits per heavy atom. The molecule has 0 aliphatic heterocycles. The SMILES string of the molecule is [NH]CCc1c[nH]c2ccc(F)cc12. The molecule has 2 rings (SSSR count). The van der Waals surface area contributed by atoms with Crippen LogP contribution in [0.25, 0.3) is 10.9 Å². The van der Waals surface area contributed by atoms with E-state index in [1.54, 1.807) is 6.07 Å². The number of aromatic amines is 1. The fraction of sp³-hybridized carbons (Fsp3) is 0.200. The minimum Gasteiger partial charge on any atom is -0.361 e. The number of benzene rings is 1. The lowest BCUT2D eigenvalue weighted by Gasteiger charge is -1.95. The summed E-state index contributed by atoms with van der Waals surface area (Å²) < 4.78 is 12.9. The Kier molecular flexibility index (Phi) is 2.02. The molecule has 0 fully saturated rings. The van der Waals surface area contributed by atoms with Crippen molar-refractivity contribution >= 4 is 10.9 Å². The first-order valence-electron chi connectivity index (χ1n) is 4.21. The molecule has 0 unspecified atom stereocenters. The van der Waals surface area contributed by atoms with Crippen LogP contribution < -0.4 is 5.73 Å². The summed E-state index contributed by atoms with van der Waals surface area (Å²) in [5.41, 5.74) is 9.05. The number of aromatic nitrogens is 1. The molecule has 0 saturated heterocycles. The van der Waals surface area contributed by atoms with Gasteiger partial charge in [0, 0.05) is 23.6 Å². The molecule has 1 aromatic carbocycles. The summed E-state index contributed by atoms with van der Waals surface area (Å²) in [6.07, 6.45) is 2.52. The lowest BCUT2D eigenvalue weighted by Crippen LogP contribution is -1.90. The standard InChI is InChI=1S/C10H10FN2/c11-8-1-2-10-9(5-8)7(3-4-12)6-13-10/h1-2,5-6,12-13H,3-4H2. The van der Waals surface area contributed by atoms with E-state index in [2.05, 4.69) is 4.98 Å². The van der Waals surface area contributed by atoms with Gasteiger partial charge in [0.25, 0.3) is 0 Å². The molecule has 67 valence electrons. The molecule has 0 atom stereocenters. The number of hydrogen-bond acceptors (Lipinski definition) is 0. The van der Waals surface area contributed by atoms with Crippen LogP contribution in [0, 0.1) is 5.82 Å². The Morgan fingerprint density at radius 3 is 3.00 bits per heavy atom. The van der Waals surface area contributed by atoms with Crippen molar-refractivity contribution in [3.63, 3.8) is 0 Å². The van der Waals surface area contributed by atoms with E-state index < -0.39 is 0 Å². The van der Waals surface area contributed by atoms with Gasteiger partial charge in [0.05, 0.1) is 0 Å². The van der Waals surface area contributed by atoms with Crippen molar-refractivity contribution < 1.29 is 4.39 Å². The minimum atomic E-state index is -0.224. The van der Waals surface area contributed by atoms with Gasteiger partial charge in [-0.3, -0.25) is 5.73 Å². The maximum absolute atomic E-state index is 12.9. The highest BCUT2D eigenvalue weighted by Crippen LogP contribution is 2.19. The molecule has 0 aliphatic carbocycles. The van der Waals surface area contributed by atoms with Gasteiger partial charge < -0.3 is 4.98 Å². The van der Waals surface area contributed by atoms with Crippen LogP contribution in [0.3, 0.4) is 0 Å². The van der Waals surface area contributed by atoms with Crippen LogP contribution in [-0.2, 0) is 6.42 Å². The predicted octanol–water partition coefficient (Wildman–Crippen LogP) is 2.13. The van der Waals surface area contributed by atoms with Crippen LogP contribution in [0.5, 0.6) is 0 Å². The fourth-order valence-electron chi connectivity index (χ4n) is 1.49. The van der Waals surface area contributed by atoms with Gasteiger partial charge in [0.2, 0.25) is 0 Å². The van der Waals surface area contributed by atoms with Crippen molar-refractivity contribution in [3.05, 3.63) is 35.8 Å². The number of H-pyrrole nitrogens is 1. The van der Waals surface area contributed by atoms with Crippen molar-refractivity contribution in [2.45, 2.75) is 6.42 Å². The molecule has 1 aromatic heterocycles. The van der Waals surface area contributed by atoms with Gasteiger partial charge in [0.15, 0.2) is 0 Å². The average molecular weight is 177 g/mol. The predicted molar refractivity (Wildman–Crippen MR) is 49.9 cm³/mol. The molecule has 0 spiro atoms. The quantitative estimate of drug-likeness (QED) is 0.730. The van der Waals surface area contributed by atoms with Gasteiger partial charge >= 0.3 is 0 Å². The number of halogens is 1. The summed E-state index contributed by atoms with van der Waals surface area (Å²) >= 11 is 0. The van der Waals surface area contributed by atoms with E-state index in [-0.39, 0.29) is 5.82 Å². The van der Waals surface area contributed by atoms with Crippen molar-refractivity contribution in [2.75, 3.05) is 6.54 Å². The monoisotopic (exact) mass is 177 g/mol. The molecule has 1 radical (unpaired) electrons. The highest BCUT2D eigenvalue weighted by molar-refractivity contribution is 5.83. The summed E-state index contributed by atoms with van der Waals surface area (Å²) in [5, 5.41) is 0.896. The molecule has 3 heteroatoms. The van der Waals surface area contributed by atoms with E-state index in [0.717, 1.165) is 16.5 Å². The molecule has 2 aromatic rings. The minimum absolute atomic E-state index is 0.224. The lowest BCUT2D eigenvalue weighted by atomic mass is 10.1. The van der Waals surface area contributed by atoms with Crippen LogP contribution in [0.15, 0.2) is 24.4 Å². The second-order valence-electron chi connectivity index (χ2n) is 3.00. The van der Waals surface area contributed by atoms with E-state index in [9.17, 15) is 4.39 Å². The summed E-state index contributed by atoms with van der Waals surface area (Å²) in [7, 11) is 0. The lowest BCUT2D eigenvalue weighted by molar-refractivity contribution is 0.629. The second kappa shape index (κ2) is 3.18. The van der Waals surface area contributed by atoms with Gasteiger partial charge in [-0.05, 0) is 30.2 Å². The Labute approximate surface area is 75.6 Å². The third-order valence-corrected chi connectivity index (χ3v) is 2.12. The van der Waals surface area contributed by atoms with Gasteiger partial charge in [-0.25, -0.2) is 4.39 Å².